The molecule has 0 amide bonds. The third kappa shape index (κ3) is 2.90. The van der Waals surface area contributed by atoms with Gasteiger partial charge in [0.1, 0.15) is 5.82 Å². The van der Waals surface area contributed by atoms with Gasteiger partial charge < -0.3 is 9.64 Å². The van der Waals surface area contributed by atoms with Gasteiger partial charge in [-0.25, -0.2) is 4.98 Å². The Bertz CT molecular complexity index is 572. The lowest BCUT2D eigenvalue weighted by molar-refractivity contribution is 0.106. The van der Waals surface area contributed by atoms with Crippen LogP contribution in [0.1, 0.15) is 19.8 Å². The molecule has 2 heterocycles. The third-order valence-electron chi connectivity index (χ3n) is 3.75. The van der Waals surface area contributed by atoms with Gasteiger partial charge in [0, 0.05) is 25.6 Å². The van der Waals surface area contributed by atoms with Crippen molar-refractivity contribution >= 4 is 16.9 Å². The molecular weight excluding hydrogens is 250 g/mol. The summed E-state index contributed by atoms with van der Waals surface area (Å²) in [6.45, 7) is 5.95. The molecule has 1 saturated heterocycles. The van der Waals surface area contributed by atoms with Crippen LogP contribution < -0.4 is 4.90 Å². The van der Waals surface area contributed by atoms with Gasteiger partial charge in [0.2, 0.25) is 0 Å². The van der Waals surface area contributed by atoms with Crippen molar-refractivity contribution in [1.29, 1.82) is 0 Å². The second-order valence-corrected chi connectivity index (χ2v) is 5.39. The summed E-state index contributed by atoms with van der Waals surface area (Å²) in [6, 6.07) is 8.01. The molecule has 106 valence electrons. The first-order valence-corrected chi connectivity index (χ1v) is 7.41. The third-order valence-corrected chi connectivity index (χ3v) is 3.75. The Morgan fingerprint density at radius 1 is 1.30 bits per heavy atom. The number of benzene rings is 1. The van der Waals surface area contributed by atoms with Crippen LogP contribution in [0.4, 0.5) is 5.82 Å². The van der Waals surface area contributed by atoms with Gasteiger partial charge in [-0.2, -0.15) is 0 Å². The molecule has 4 heteroatoms. The minimum Gasteiger partial charge on any atom is -0.381 e. The van der Waals surface area contributed by atoms with Gasteiger partial charge in [0.05, 0.1) is 23.8 Å². The molecule has 0 radical (unpaired) electrons. The quantitative estimate of drug-likeness (QED) is 0.784. The first kappa shape index (κ1) is 13.3. The maximum atomic E-state index is 5.66. The Labute approximate surface area is 119 Å². The Morgan fingerprint density at radius 2 is 2.15 bits per heavy atom. The van der Waals surface area contributed by atoms with Crippen molar-refractivity contribution in [3.8, 4) is 0 Å². The minimum atomic E-state index is 0.620. The van der Waals surface area contributed by atoms with E-state index in [1.165, 1.54) is 6.42 Å². The highest BCUT2D eigenvalue weighted by Gasteiger charge is 2.23. The summed E-state index contributed by atoms with van der Waals surface area (Å²) in [6.07, 6.45) is 4.16. The molecule has 0 aliphatic carbocycles. The summed E-state index contributed by atoms with van der Waals surface area (Å²) >= 11 is 0. The number of rotatable bonds is 5. The zero-order valence-corrected chi connectivity index (χ0v) is 12.0. The maximum absolute atomic E-state index is 5.66. The fourth-order valence-electron chi connectivity index (χ4n) is 2.67. The van der Waals surface area contributed by atoms with Crippen molar-refractivity contribution in [3.05, 3.63) is 30.5 Å². The fraction of sp³-hybridized carbons (Fsp3) is 0.500. The maximum Gasteiger partial charge on any atom is 0.147 e. The summed E-state index contributed by atoms with van der Waals surface area (Å²) < 4.78 is 5.66. The van der Waals surface area contributed by atoms with Gasteiger partial charge in [-0.15, -0.1) is 0 Å². The van der Waals surface area contributed by atoms with Gasteiger partial charge in [0.25, 0.3) is 0 Å². The molecule has 4 nitrogen and oxygen atoms in total. The molecule has 2 aromatic rings. The molecule has 0 saturated carbocycles. The summed E-state index contributed by atoms with van der Waals surface area (Å²) in [5.74, 6) is 1.61. The smallest absolute Gasteiger partial charge is 0.147 e. The summed E-state index contributed by atoms with van der Waals surface area (Å²) in [7, 11) is 0. The van der Waals surface area contributed by atoms with Crippen LogP contribution in [0, 0.1) is 5.92 Å². The lowest BCUT2D eigenvalue weighted by Crippen LogP contribution is -2.22. The minimum absolute atomic E-state index is 0.620. The van der Waals surface area contributed by atoms with E-state index in [4.69, 9.17) is 9.72 Å². The van der Waals surface area contributed by atoms with Crippen LogP contribution in [0.15, 0.2) is 30.5 Å². The normalized spacial score (nSPS) is 18.9. The van der Waals surface area contributed by atoms with Crippen molar-refractivity contribution in [1.82, 2.24) is 9.97 Å². The fourth-order valence-corrected chi connectivity index (χ4v) is 2.67. The van der Waals surface area contributed by atoms with E-state index < -0.39 is 0 Å². The largest absolute Gasteiger partial charge is 0.381 e. The zero-order valence-electron chi connectivity index (χ0n) is 12.0. The van der Waals surface area contributed by atoms with E-state index in [-0.39, 0.29) is 0 Å². The van der Waals surface area contributed by atoms with Crippen molar-refractivity contribution < 1.29 is 4.74 Å². The van der Waals surface area contributed by atoms with Crippen LogP contribution in [-0.2, 0) is 4.74 Å². The van der Waals surface area contributed by atoms with E-state index in [0.717, 1.165) is 49.6 Å². The monoisotopic (exact) mass is 271 g/mol. The first-order valence-electron chi connectivity index (χ1n) is 7.41. The first-order chi connectivity index (χ1) is 9.86. The topological polar surface area (TPSA) is 38.2 Å². The number of anilines is 1. The van der Waals surface area contributed by atoms with E-state index in [0.29, 0.717) is 5.92 Å². The van der Waals surface area contributed by atoms with Crippen LogP contribution in [-0.4, -0.2) is 36.3 Å². The van der Waals surface area contributed by atoms with Crippen molar-refractivity contribution in [2.45, 2.75) is 19.8 Å². The SMILES string of the molecule is CCCOCC1CCN(c2cnc3ccccc3n2)C1. The predicted octanol–water partition coefficient (Wildman–Crippen LogP) is 2.88. The van der Waals surface area contributed by atoms with E-state index in [2.05, 4.69) is 16.8 Å². The Morgan fingerprint density at radius 3 is 3.00 bits per heavy atom. The number of nitrogens with zero attached hydrogens (tertiary/aromatic N) is 3. The molecule has 0 bridgehead atoms. The highest BCUT2D eigenvalue weighted by molar-refractivity contribution is 5.75. The molecule has 20 heavy (non-hydrogen) atoms. The van der Waals surface area contributed by atoms with E-state index in [1.807, 2.05) is 30.5 Å². The lowest BCUT2D eigenvalue weighted by Gasteiger charge is -2.17. The predicted molar refractivity (Wildman–Crippen MR) is 81.0 cm³/mol. The van der Waals surface area contributed by atoms with Crippen LogP contribution in [0.5, 0.6) is 0 Å². The standard InChI is InChI=1S/C16H21N3O/c1-2-9-20-12-13-7-8-19(11-13)16-10-17-14-5-3-4-6-15(14)18-16/h3-6,10,13H,2,7-9,11-12H2,1H3. The Kier molecular flexibility index (Phi) is 4.11. The van der Waals surface area contributed by atoms with Gasteiger partial charge >= 0.3 is 0 Å². The number of hydrogen-bond donors (Lipinski definition) is 0. The molecule has 0 spiro atoms. The average Bonchev–Trinajstić information content (AvgIpc) is 2.96. The molecular formula is C16H21N3O. The Balaban J connectivity index is 1.66. The molecule has 1 aromatic carbocycles. The van der Waals surface area contributed by atoms with Crippen molar-refractivity contribution in [2.24, 2.45) is 5.92 Å². The molecule has 1 fully saturated rings. The summed E-state index contributed by atoms with van der Waals surface area (Å²) in [5, 5.41) is 0. The highest BCUT2D eigenvalue weighted by Crippen LogP contribution is 2.23. The second-order valence-electron chi connectivity index (χ2n) is 5.39. The number of aromatic nitrogens is 2. The molecule has 1 unspecified atom stereocenters. The molecule has 1 aromatic heterocycles. The molecule has 3 rings (SSSR count). The van der Waals surface area contributed by atoms with Gasteiger partial charge in [-0.3, -0.25) is 4.98 Å². The molecule has 1 aliphatic rings. The van der Waals surface area contributed by atoms with E-state index >= 15 is 0 Å². The van der Waals surface area contributed by atoms with Gasteiger partial charge in [-0.1, -0.05) is 19.1 Å². The molecule has 1 atom stereocenters. The zero-order chi connectivity index (χ0) is 13.8. The van der Waals surface area contributed by atoms with E-state index in [9.17, 15) is 0 Å². The number of ether oxygens (including phenoxy) is 1. The number of para-hydroxylation sites is 2. The summed E-state index contributed by atoms with van der Waals surface area (Å²) in [5.41, 5.74) is 1.92. The van der Waals surface area contributed by atoms with Crippen molar-refractivity contribution in [2.75, 3.05) is 31.2 Å². The second kappa shape index (κ2) is 6.18. The molecule has 0 N–H and O–H groups in total. The highest BCUT2D eigenvalue weighted by atomic mass is 16.5. The van der Waals surface area contributed by atoms with Crippen LogP contribution in [0.3, 0.4) is 0 Å². The number of hydrogen-bond acceptors (Lipinski definition) is 4. The summed E-state index contributed by atoms with van der Waals surface area (Å²) in [4.78, 5) is 11.5. The van der Waals surface area contributed by atoms with Gasteiger partial charge in [0.15, 0.2) is 0 Å². The van der Waals surface area contributed by atoms with E-state index in [1.54, 1.807) is 0 Å². The number of fused-ring (bicyclic) bond motifs is 1. The lowest BCUT2D eigenvalue weighted by atomic mass is 10.1. The van der Waals surface area contributed by atoms with Crippen LogP contribution in [0.2, 0.25) is 0 Å². The van der Waals surface area contributed by atoms with Gasteiger partial charge in [-0.05, 0) is 25.0 Å². The van der Waals surface area contributed by atoms with Crippen LogP contribution in [0.25, 0.3) is 11.0 Å². The Hall–Kier alpha value is -1.68. The molecule has 1 aliphatic heterocycles. The average molecular weight is 271 g/mol. The van der Waals surface area contributed by atoms with Crippen molar-refractivity contribution in [3.63, 3.8) is 0 Å². The van der Waals surface area contributed by atoms with Crippen LogP contribution >= 0.6 is 0 Å².